The molecule has 0 bridgehead atoms. The third-order valence-electron chi connectivity index (χ3n) is 3.32. The lowest BCUT2D eigenvalue weighted by atomic mass is 10.1. The molecule has 0 aromatic carbocycles. The minimum absolute atomic E-state index is 0.231. The summed E-state index contributed by atoms with van der Waals surface area (Å²) in [4.78, 5) is 25.6. The van der Waals surface area contributed by atoms with Crippen molar-refractivity contribution in [2.75, 3.05) is 6.61 Å². The number of aromatic amines is 1. The number of allylic oxidation sites excluding steroid dienone is 1. The van der Waals surface area contributed by atoms with Gasteiger partial charge in [-0.15, -0.1) is 0 Å². The molecule has 8 heteroatoms. The van der Waals surface area contributed by atoms with E-state index in [-0.39, 0.29) is 5.56 Å². The van der Waals surface area contributed by atoms with Gasteiger partial charge in [0.05, 0.1) is 12.2 Å². The second-order valence-electron chi connectivity index (χ2n) is 4.79. The van der Waals surface area contributed by atoms with Crippen LogP contribution in [0, 0.1) is 0 Å². The molecule has 2 heterocycles. The minimum Gasteiger partial charge on any atom is -0.394 e. The van der Waals surface area contributed by atoms with Crippen molar-refractivity contribution in [2.24, 2.45) is 0 Å². The number of aliphatic hydroxyl groups excluding tert-OH is 3. The molecule has 1 aliphatic heterocycles. The SMILES string of the molecule is CC/C=C/c1cn([C@@H]2O[C@H](CO)C(O)[C@@H]2O)c(=O)[nH]c1=O. The molecule has 1 aromatic heterocycles. The zero-order chi connectivity index (χ0) is 15.6. The lowest BCUT2D eigenvalue weighted by Gasteiger charge is -2.17. The molecule has 8 nitrogen and oxygen atoms in total. The van der Waals surface area contributed by atoms with Crippen LogP contribution in [-0.4, -0.2) is 49.8 Å². The second kappa shape index (κ2) is 6.35. The lowest BCUT2D eigenvalue weighted by Crippen LogP contribution is -2.38. The highest BCUT2D eigenvalue weighted by atomic mass is 16.6. The predicted octanol–water partition coefficient (Wildman–Crippen LogP) is -1.43. The normalized spacial score (nSPS) is 29.3. The van der Waals surface area contributed by atoms with Crippen LogP contribution in [-0.2, 0) is 4.74 Å². The number of ether oxygens (including phenoxy) is 1. The largest absolute Gasteiger partial charge is 0.394 e. The van der Waals surface area contributed by atoms with Gasteiger partial charge in [-0.05, 0) is 6.42 Å². The Kier molecular flexibility index (Phi) is 4.73. The maximum Gasteiger partial charge on any atom is 0.330 e. The van der Waals surface area contributed by atoms with Crippen molar-refractivity contribution in [1.82, 2.24) is 9.55 Å². The summed E-state index contributed by atoms with van der Waals surface area (Å²) in [7, 11) is 0. The van der Waals surface area contributed by atoms with E-state index in [1.54, 1.807) is 12.2 Å². The topological polar surface area (TPSA) is 125 Å². The number of hydrogen-bond acceptors (Lipinski definition) is 6. The van der Waals surface area contributed by atoms with E-state index in [9.17, 15) is 19.8 Å². The fourth-order valence-electron chi connectivity index (χ4n) is 2.16. The average Bonchev–Trinajstić information content (AvgIpc) is 2.74. The number of aromatic nitrogens is 2. The van der Waals surface area contributed by atoms with Crippen LogP contribution in [0.2, 0.25) is 0 Å². The van der Waals surface area contributed by atoms with E-state index in [1.165, 1.54) is 6.20 Å². The summed E-state index contributed by atoms with van der Waals surface area (Å²) in [6.07, 6.45) is 0.420. The van der Waals surface area contributed by atoms with Gasteiger partial charge in [-0.25, -0.2) is 4.79 Å². The first-order chi connectivity index (χ1) is 9.99. The van der Waals surface area contributed by atoms with E-state index >= 15 is 0 Å². The molecule has 0 aliphatic carbocycles. The number of rotatable bonds is 4. The number of nitrogens with zero attached hydrogens (tertiary/aromatic N) is 1. The van der Waals surface area contributed by atoms with Gasteiger partial charge >= 0.3 is 5.69 Å². The summed E-state index contributed by atoms with van der Waals surface area (Å²) < 4.78 is 6.27. The fraction of sp³-hybridized carbons (Fsp3) is 0.538. The Morgan fingerprint density at radius 3 is 2.67 bits per heavy atom. The molecule has 1 saturated heterocycles. The predicted molar refractivity (Wildman–Crippen MR) is 73.7 cm³/mol. The number of hydrogen-bond donors (Lipinski definition) is 4. The maximum absolute atomic E-state index is 11.8. The Balaban J connectivity index is 2.42. The van der Waals surface area contributed by atoms with Crippen LogP contribution in [0.1, 0.15) is 25.1 Å². The van der Waals surface area contributed by atoms with Crippen LogP contribution in [0.25, 0.3) is 6.08 Å². The molecule has 1 fully saturated rings. The summed E-state index contributed by atoms with van der Waals surface area (Å²) in [6, 6.07) is 0. The molecule has 4 N–H and O–H groups in total. The van der Waals surface area contributed by atoms with E-state index < -0.39 is 42.4 Å². The first kappa shape index (κ1) is 15.6. The van der Waals surface area contributed by atoms with E-state index in [0.29, 0.717) is 6.42 Å². The van der Waals surface area contributed by atoms with Crippen molar-refractivity contribution in [3.63, 3.8) is 0 Å². The monoisotopic (exact) mass is 298 g/mol. The second-order valence-corrected chi connectivity index (χ2v) is 4.79. The molecule has 1 unspecified atom stereocenters. The molecule has 0 amide bonds. The van der Waals surface area contributed by atoms with Gasteiger partial charge in [-0.3, -0.25) is 14.3 Å². The van der Waals surface area contributed by atoms with Gasteiger partial charge in [-0.1, -0.05) is 19.1 Å². The van der Waals surface area contributed by atoms with Gasteiger partial charge in [0.2, 0.25) is 0 Å². The Labute approximate surface area is 119 Å². The molecule has 1 aliphatic rings. The molecular formula is C13H18N2O6. The van der Waals surface area contributed by atoms with E-state index in [0.717, 1.165) is 4.57 Å². The van der Waals surface area contributed by atoms with Gasteiger partial charge in [0.15, 0.2) is 6.23 Å². The van der Waals surface area contributed by atoms with Crippen LogP contribution < -0.4 is 11.2 Å². The highest BCUT2D eigenvalue weighted by molar-refractivity contribution is 5.46. The lowest BCUT2D eigenvalue weighted by molar-refractivity contribution is -0.0550. The van der Waals surface area contributed by atoms with Crippen molar-refractivity contribution in [2.45, 2.75) is 37.9 Å². The molecule has 0 saturated carbocycles. The molecule has 116 valence electrons. The van der Waals surface area contributed by atoms with Gasteiger partial charge < -0.3 is 20.1 Å². The molecule has 4 atom stereocenters. The van der Waals surface area contributed by atoms with Gasteiger partial charge in [-0.2, -0.15) is 0 Å². The minimum atomic E-state index is -1.38. The van der Waals surface area contributed by atoms with E-state index in [1.807, 2.05) is 6.92 Å². The third-order valence-corrected chi connectivity index (χ3v) is 3.32. The first-order valence-corrected chi connectivity index (χ1v) is 6.64. The molecule has 0 spiro atoms. The first-order valence-electron chi connectivity index (χ1n) is 6.64. The molecule has 2 rings (SSSR count). The molecule has 21 heavy (non-hydrogen) atoms. The quantitative estimate of drug-likeness (QED) is 0.540. The molecule has 1 aromatic rings. The number of nitrogens with one attached hydrogen (secondary N) is 1. The van der Waals surface area contributed by atoms with Crippen LogP contribution in [0.4, 0.5) is 0 Å². The van der Waals surface area contributed by atoms with Crippen molar-refractivity contribution < 1.29 is 20.1 Å². The van der Waals surface area contributed by atoms with Crippen LogP contribution in [0.5, 0.6) is 0 Å². The summed E-state index contributed by atoms with van der Waals surface area (Å²) in [6.45, 7) is 1.40. The molecule has 0 radical (unpaired) electrons. The zero-order valence-electron chi connectivity index (χ0n) is 11.5. The smallest absolute Gasteiger partial charge is 0.330 e. The van der Waals surface area contributed by atoms with Crippen LogP contribution in [0.15, 0.2) is 21.9 Å². The van der Waals surface area contributed by atoms with E-state index in [4.69, 9.17) is 9.84 Å². The maximum atomic E-state index is 11.8. The van der Waals surface area contributed by atoms with Crippen molar-refractivity contribution in [3.8, 4) is 0 Å². The van der Waals surface area contributed by atoms with Gasteiger partial charge in [0.1, 0.15) is 18.3 Å². The van der Waals surface area contributed by atoms with Crippen LogP contribution in [0.3, 0.4) is 0 Å². The Morgan fingerprint density at radius 1 is 1.38 bits per heavy atom. The summed E-state index contributed by atoms with van der Waals surface area (Å²) in [5.74, 6) is 0. The fourth-order valence-corrected chi connectivity index (χ4v) is 2.16. The third kappa shape index (κ3) is 2.98. The van der Waals surface area contributed by atoms with Crippen molar-refractivity contribution >= 4 is 6.08 Å². The van der Waals surface area contributed by atoms with E-state index in [2.05, 4.69) is 4.98 Å². The van der Waals surface area contributed by atoms with Gasteiger partial charge in [0, 0.05) is 6.20 Å². The summed E-state index contributed by atoms with van der Waals surface area (Å²) in [5, 5.41) is 28.7. The van der Waals surface area contributed by atoms with Crippen LogP contribution >= 0.6 is 0 Å². The van der Waals surface area contributed by atoms with Crippen molar-refractivity contribution in [3.05, 3.63) is 38.7 Å². The summed E-state index contributed by atoms with van der Waals surface area (Å²) >= 11 is 0. The van der Waals surface area contributed by atoms with Crippen molar-refractivity contribution in [1.29, 1.82) is 0 Å². The highest BCUT2D eigenvalue weighted by Crippen LogP contribution is 2.27. The zero-order valence-corrected chi connectivity index (χ0v) is 11.5. The molecular weight excluding hydrogens is 280 g/mol. The Bertz CT molecular complexity index is 634. The highest BCUT2D eigenvalue weighted by Gasteiger charge is 2.43. The standard InChI is InChI=1S/C13H18N2O6/c1-2-3-4-7-5-15(13(20)14-11(7)19)12-10(18)9(17)8(6-16)21-12/h3-5,8-10,12,16-18H,2,6H2,1H3,(H,14,19,20)/b4-3+/t8-,9?,10+,12-/m1/s1. The number of aliphatic hydroxyl groups is 3. The van der Waals surface area contributed by atoms with Gasteiger partial charge in [0.25, 0.3) is 5.56 Å². The Hall–Kier alpha value is -1.74. The average molecular weight is 298 g/mol. The summed E-state index contributed by atoms with van der Waals surface area (Å²) in [5.41, 5.74) is -1.08. The Morgan fingerprint density at radius 2 is 2.10 bits per heavy atom. The number of H-pyrrole nitrogens is 1.